The third kappa shape index (κ3) is 2.97. The summed E-state index contributed by atoms with van der Waals surface area (Å²) in [6.45, 7) is 2.93. The van der Waals surface area contributed by atoms with E-state index in [9.17, 15) is 8.42 Å². The molecule has 1 aromatic rings. The lowest BCUT2D eigenvalue weighted by Gasteiger charge is -2.18. The molecule has 0 amide bonds. The number of anilines is 1. The zero-order valence-electron chi connectivity index (χ0n) is 11.4. The summed E-state index contributed by atoms with van der Waals surface area (Å²) in [5.41, 5.74) is 1.89. The van der Waals surface area contributed by atoms with Gasteiger partial charge in [-0.1, -0.05) is 12.1 Å². The minimum Gasteiger partial charge on any atom is -0.380 e. The summed E-state index contributed by atoms with van der Waals surface area (Å²) in [5, 5.41) is 3.44. The van der Waals surface area contributed by atoms with Gasteiger partial charge in [-0.05, 0) is 30.5 Å². The second kappa shape index (κ2) is 5.71. The Bertz CT molecular complexity index is 568. The fourth-order valence-corrected chi connectivity index (χ4v) is 4.27. The van der Waals surface area contributed by atoms with Crippen LogP contribution < -0.4 is 9.62 Å². The van der Waals surface area contributed by atoms with Crippen molar-refractivity contribution < 1.29 is 13.2 Å². The number of rotatable bonds is 4. The Morgan fingerprint density at radius 2 is 2.30 bits per heavy atom. The predicted molar refractivity (Wildman–Crippen MR) is 78.3 cm³/mol. The molecule has 2 fully saturated rings. The normalized spacial score (nSPS) is 25.2. The Morgan fingerprint density at radius 3 is 3.00 bits per heavy atom. The van der Waals surface area contributed by atoms with E-state index in [2.05, 4.69) is 5.32 Å². The molecule has 0 aliphatic carbocycles. The van der Waals surface area contributed by atoms with Crippen molar-refractivity contribution in [3.63, 3.8) is 0 Å². The smallest absolute Gasteiger partial charge is 0.235 e. The van der Waals surface area contributed by atoms with Crippen molar-refractivity contribution in [3.05, 3.63) is 29.8 Å². The third-order valence-corrected chi connectivity index (χ3v) is 5.69. The molecule has 1 atom stereocenters. The van der Waals surface area contributed by atoms with Crippen LogP contribution in [0, 0.1) is 0 Å². The third-order valence-electron chi connectivity index (χ3n) is 3.82. The highest BCUT2D eigenvalue weighted by Gasteiger charge is 2.28. The molecule has 0 aromatic heterocycles. The Labute approximate surface area is 120 Å². The van der Waals surface area contributed by atoms with Crippen LogP contribution in [0.2, 0.25) is 0 Å². The fraction of sp³-hybridized carbons (Fsp3) is 0.571. The average Bonchev–Trinajstić information content (AvgIpc) is 3.05. The average molecular weight is 296 g/mol. The monoisotopic (exact) mass is 296 g/mol. The van der Waals surface area contributed by atoms with Gasteiger partial charge in [0.05, 0.1) is 18.0 Å². The van der Waals surface area contributed by atoms with Gasteiger partial charge < -0.3 is 10.1 Å². The van der Waals surface area contributed by atoms with Crippen LogP contribution in [0.5, 0.6) is 0 Å². The van der Waals surface area contributed by atoms with Gasteiger partial charge in [-0.2, -0.15) is 0 Å². The van der Waals surface area contributed by atoms with Gasteiger partial charge in [0.25, 0.3) is 0 Å². The van der Waals surface area contributed by atoms with Crippen LogP contribution in [0.25, 0.3) is 0 Å². The minimum atomic E-state index is -3.09. The highest BCUT2D eigenvalue weighted by Crippen LogP contribution is 2.24. The Hall–Kier alpha value is -1.11. The number of nitrogens with zero attached hydrogens (tertiary/aromatic N) is 1. The molecular weight excluding hydrogens is 276 g/mol. The van der Waals surface area contributed by atoms with E-state index in [1.807, 2.05) is 24.3 Å². The van der Waals surface area contributed by atoms with Crippen LogP contribution in [0.1, 0.15) is 18.4 Å². The maximum atomic E-state index is 11.9. The van der Waals surface area contributed by atoms with E-state index in [1.165, 1.54) is 4.31 Å². The van der Waals surface area contributed by atoms with Crippen molar-refractivity contribution in [2.75, 3.05) is 29.8 Å². The van der Waals surface area contributed by atoms with Crippen molar-refractivity contribution in [1.29, 1.82) is 0 Å². The summed E-state index contributed by atoms with van der Waals surface area (Å²) in [7, 11) is -3.09. The maximum Gasteiger partial charge on any atom is 0.235 e. The first-order valence-electron chi connectivity index (χ1n) is 7.06. The van der Waals surface area contributed by atoms with Crippen molar-refractivity contribution in [2.24, 2.45) is 0 Å². The van der Waals surface area contributed by atoms with E-state index in [-0.39, 0.29) is 5.75 Å². The number of nitrogens with one attached hydrogen (secondary N) is 1. The largest absolute Gasteiger partial charge is 0.380 e. The van der Waals surface area contributed by atoms with Crippen LogP contribution in [0.4, 0.5) is 5.69 Å². The second-order valence-electron chi connectivity index (χ2n) is 5.35. The van der Waals surface area contributed by atoms with Crippen molar-refractivity contribution >= 4 is 15.7 Å². The zero-order chi connectivity index (χ0) is 14.0. The number of ether oxygens (including phenoxy) is 1. The standard InChI is InChI=1S/C14H20N2O3S/c17-20(18)8-2-6-16(20)14-4-1-3-12(9-14)10-15-13-5-7-19-11-13/h1,3-4,9,13,15H,2,5-8,10-11H2. The molecule has 1 unspecified atom stereocenters. The first-order valence-corrected chi connectivity index (χ1v) is 8.66. The van der Waals surface area contributed by atoms with Gasteiger partial charge in [0.1, 0.15) is 0 Å². The number of hydrogen-bond acceptors (Lipinski definition) is 4. The topological polar surface area (TPSA) is 58.6 Å². The van der Waals surface area contributed by atoms with Crippen LogP contribution in [-0.4, -0.2) is 40.0 Å². The lowest BCUT2D eigenvalue weighted by molar-refractivity contribution is 0.190. The molecule has 6 heteroatoms. The molecule has 0 spiro atoms. The van der Waals surface area contributed by atoms with E-state index in [4.69, 9.17) is 4.74 Å². The molecule has 1 aromatic carbocycles. The molecule has 2 saturated heterocycles. The summed E-state index contributed by atoms with van der Waals surface area (Å²) in [4.78, 5) is 0. The lowest BCUT2D eigenvalue weighted by Crippen LogP contribution is -2.29. The maximum absolute atomic E-state index is 11.9. The van der Waals surface area contributed by atoms with Gasteiger partial charge in [-0.15, -0.1) is 0 Å². The Kier molecular flexibility index (Phi) is 3.96. The first-order chi connectivity index (χ1) is 9.65. The quantitative estimate of drug-likeness (QED) is 0.904. The molecule has 0 saturated carbocycles. The molecular formula is C14H20N2O3S. The number of hydrogen-bond donors (Lipinski definition) is 1. The summed E-state index contributed by atoms with van der Waals surface area (Å²) in [6.07, 6.45) is 1.75. The molecule has 110 valence electrons. The Balaban J connectivity index is 1.69. The predicted octanol–water partition coefficient (Wildman–Crippen LogP) is 1.10. The van der Waals surface area contributed by atoms with E-state index >= 15 is 0 Å². The van der Waals surface area contributed by atoms with Gasteiger partial charge in [-0.3, -0.25) is 4.31 Å². The van der Waals surface area contributed by atoms with Crippen LogP contribution in [0.15, 0.2) is 24.3 Å². The van der Waals surface area contributed by atoms with E-state index in [0.717, 1.165) is 37.4 Å². The first kappa shape index (κ1) is 13.9. The molecule has 5 nitrogen and oxygen atoms in total. The van der Waals surface area contributed by atoms with Crippen molar-refractivity contribution in [2.45, 2.75) is 25.4 Å². The molecule has 3 rings (SSSR count). The summed E-state index contributed by atoms with van der Waals surface area (Å²) in [5.74, 6) is 0.259. The second-order valence-corrected chi connectivity index (χ2v) is 7.37. The number of sulfonamides is 1. The summed E-state index contributed by atoms with van der Waals surface area (Å²) >= 11 is 0. The van der Waals surface area contributed by atoms with Crippen LogP contribution in [-0.2, 0) is 21.3 Å². The molecule has 20 heavy (non-hydrogen) atoms. The van der Waals surface area contributed by atoms with Gasteiger partial charge in [0.15, 0.2) is 0 Å². The summed E-state index contributed by atoms with van der Waals surface area (Å²) < 4.78 is 30.7. The molecule has 2 aliphatic heterocycles. The van der Waals surface area contributed by atoms with Gasteiger partial charge in [0.2, 0.25) is 10.0 Å². The lowest BCUT2D eigenvalue weighted by atomic mass is 10.1. The number of benzene rings is 1. The van der Waals surface area contributed by atoms with Crippen LogP contribution >= 0.6 is 0 Å². The van der Waals surface area contributed by atoms with Crippen molar-refractivity contribution in [1.82, 2.24) is 5.32 Å². The van der Waals surface area contributed by atoms with E-state index < -0.39 is 10.0 Å². The molecule has 2 heterocycles. The zero-order valence-corrected chi connectivity index (χ0v) is 12.2. The van der Waals surface area contributed by atoms with E-state index in [0.29, 0.717) is 19.0 Å². The molecule has 0 bridgehead atoms. The van der Waals surface area contributed by atoms with Gasteiger partial charge >= 0.3 is 0 Å². The van der Waals surface area contributed by atoms with Gasteiger partial charge in [-0.25, -0.2) is 8.42 Å². The molecule has 2 aliphatic rings. The highest BCUT2D eigenvalue weighted by atomic mass is 32.2. The van der Waals surface area contributed by atoms with Gasteiger partial charge in [0, 0.05) is 25.7 Å². The highest BCUT2D eigenvalue weighted by molar-refractivity contribution is 7.93. The summed E-state index contributed by atoms with van der Waals surface area (Å²) in [6, 6.07) is 8.19. The minimum absolute atomic E-state index is 0.259. The van der Waals surface area contributed by atoms with Crippen molar-refractivity contribution in [3.8, 4) is 0 Å². The van der Waals surface area contributed by atoms with E-state index in [1.54, 1.807) is 0 Å². The molecule has 1 N–H and O–H groups in total. The van der Waals surface area contributed by atoms with Crippen LogP contribution in [0.3, 0.4) is 0 Å². The SMILES string of the molecule is O=S1(=O)CCCN1c1cccc(CNC2CCOC2)c1. The fourth-order valence-electron chi connectivity index (χ4n) is 2.71. The molecule has 0 radical (unpaired) electrons. The Morgan fingerprint density at radius 1 is 1.40 bits per heavy atom.